The number of benzene rings is 1. The number of rotatable bonds is 4. The van der Waals surface area contributed by atoms with E-state index in [2.05, 4.69) is 44.0 Å². The molecule has 1 aliphatic rings. The lowest BCUT2D eigenvalue weighted by atomic mass is 10.1. The van der Waals surface area contributed by atoms with Crippen molar-refractivity contribution in [2.45, 2.75) is 52.5 Å². The molecule has 20 heavy (non-hydrogen) atoms. The summed E-state index contributed by atoms with van der Waals surface area (Å²) in [7, 11) is 0. The van der Waals surface area contributed by atoms with Crippen molar-refractivity contribution in [1.82, 2.24) is 5.32 Å². The second-order valence-electron chi connectivity index (χ2n) is 5.95. The van der Waals surface area contributed by atoms with Crippen LogP contribution in [0.25, 0.3) is 0 Å². The Morgan fingerprint density at radius 1 is 1.30 bits per heavy atom. The molecule has 0 aliphatic carbocycles. The van der Waals surface area contributed by atoms with Crippen LogP contribution in [0, 0.1) is 0 Å². The summed E-state index contributed by atoms with van der Waals surface area (Å²) in [5.41, 5.74) is 2.41. The summed E-state index contributed by atoms with van der Waals surface area (Å²) in [6.07, 6.45) is 0.474. The van der Waals surface area contributed by atoms with Crippen molar-refractivity contribution < 1.29 is 4.74 Å². The highest BCUT2D eigenvalue weighted by Gasteiger charge is 2.25. The lowest BCUT2D eigenvalue weighted by Crippen LogP contribution is -2.46. The summed E-state index contributed by atoms with van der Waals surface area (Å²) in [5, 5.41) is 4.30. The largest absolute Gasteiger partial charge is 0.372 e. The monoisotopic (exact) mass is 296 g/mol. The molecule has 0 radical (unpaired) electrons. The van der Waals surface area contributed by atoms with Crippen LogP contribution in [0.5, 0.6) is 0 Å². The van der Waals surface area contributed by atoms with Crippen LogP contribution in [0.1, 0.15) is 33.3 Å². The van der Waals surface area contributed by atoms with E-state index in [1.807, 2.05) is 12.1 Å². The summed E-state index contributed by atoms with van der Waals surface area (Å²) in [4.78, 5) is 2.36. The number of anilines is 1. The standard InChI is InChI=1S/C16H25ClN2O/c1-11(2)18-8-14-6-5-7-15(17)16(14)19-9-12(3)20-13(4)10-19/h5-7,11-13,18H,8-10H2,1-4H3. The summed E-state index contributed by atoms with van der Waals surface area (Å²) >= 11 is 6.46. The average Bonchev–Trinajstić information content (AvgIpc) is 2.35. The summed E-state index contributed by atoms with van der Waals surface area (Å²) in [6.45, 7) is 11.2. The molecule has 0 spiro atoms. The minimum Gasteiger partial charge on any atom is -0.372 e. The Kier molecular flexibility index (Phi) is 5.30. The van der Waals surface area contributed by atoms with Crippen molar-refractivity contribution in [2.24, 2.45) is 0 Å². The lowest BCUT2D eigenvalue weighted by molar-refractivity contribution is -0.00525. The van der Waals surface area contributed by atoms with Gasteiger partial charge >= 0.3 is 0 Å². The molecule has 1 aromatic rings. The van der Waals surface area contributed by atoms with Gasteiger partial charge in [0.05, 0.1) is 22.9 Å². The molecule has 1 aliphatic heterocycles. The van der Waals surface area contributed by atoms with Gasteiger partial charge in [-0.3, -0.25) is 0 Å². The van der Waals surface area contributed by atoms with Gasteiger partial charge < -0.3 is 15.0 Å². The van der Waals surface area contributed by atoms with E-state index in [1.165, 1.54) is 5.56 Å². The van der Waals surface area contributed by atoms with Gasteiger partial charge in [-0.25, -0.2) is 0 Å². The molecule has 4 heteroatoms. The van der Waals surface area contributed by atoms with Crippen LogP contribution >= 0.6 is 11.6 Å². The Morgan fingerprint density at radius 3 is 2.55 bits per heavy atom. The smallest absolute Gasteiger partial charge is 0.0726 e. The fraction of sp³-hybridized carbons (Fsp3) is 0.625. The highest BCUT2D eigenvalue weighted by Crippen LogP contribution is 2.32. The third-order valence-corrected chi connectivity index (χ3v) is 3.81. The Balaban J connectivity index is 2.24. The Hall–Kier alpha value is -0.770. The number of ether oxygens (including phenoxy) is 1. The maximum absolute atomic E-state index is 6.46. The van der Waals surface area contributed by atoms with E-state index in [0.717, 1.165) is 30.3 Å². The number of morpholine rings is 1. The van der Waals surface area contributed by atoms with Crippen molar-refractivity contribution in [2.75, 3.05) is 18.0 Å². The van der Waals surface area contributed by atoms with Crippen LogP contribution in [0.4, 0.5) is 5.69 Å². The molecule has 3 nitrogen and oxygen atoms in total. The summed E-state index contributed by atoms with van der Waals surface area (Å²) < 4.78 is 5.82. The first kappa shape index (κ1) is 15.6. The Labute approximate surface area is 127 Å². The van der Waals surface area contributed by atoms with Gasteiger partial charge in [-0.05, 0) is 25.5 Å². The van der Waals surface area contributed by atoms with Crippen molar-refractivity contribution in [1.29, 1.82) is 0 Å². The zero-order valence-corrected chi connectivity index (χ0v) is 13.6. The first-order valence-electron chi connectivity index (χ1n) is 7.38. The molecule has 2 unspecified atom stereocenters. The highest BCUT2D eigenvalue weighted by molar-refractivity contribution is 6.33. The third kappa shape index (κ3) is 3.87. The van der Waals surface area contributed by atoms with E-state index in [4.69, 9.17) is 16.3 Å². The SMILES string of the molecule is CC(C)NCc1cccc(Cl)c1N1CC(C)OC(C)C1. The topological polar surface area (TPSA) is 24.5 Å². The number of hydrogen-bond acceptors (Lipinski definition) is 3. The van der Waals surface area contributed by atoms with Crippen molar-refractivity contribution in [3.8, 4) is 0 Å². The molecule has 1 fully saturated rings. The van der Waals surface area contributed by atoms with Crippen LogP contribution in [-0.2, 0) is 11.3 Å². The lowest BCUT2D eigenvalue weighted by Gasteiger charge is -2.38. The molecule has 1 saturated heterocycles. The molecule has 0 aromatic heterocycles. The second kappa shape index (κ2) is 6.79. The fourth-order valence-corrected chi connectivity index (χ4v) is 3.04. The molecule has 112 valence electrons. The highest BCUT2D eigenvalue weighted by atomic mass is 35.5. The van der Waals surface area contributed by atoms with Gasteiger partial charge in [0.2, 0.25) is 0 Å². The molecular weight excluding hydrogens is 272 g/mol. The van der Waals surface area contributed by atoms with E-state index in [-0.39, 0.29) is 12.2 Å². The molecule has 2 atom stereocenters. The number of nitrogens with one attached hydrogen (secondary N) is 1. The van der Waals surface area contributed by atoms with Gasteiger partial charge in [0.15, 0.2) is 0 Å². The molecule has 1 aromatic carbocycles. The van der Waals surface area contributed by atoms with Crippen LogP contribution < -0.4 is 10.2 Å². The van der Waals surface area contributed by atoms with Gasteiger partial charge in [-0.1, -0.05) is 37.6 Å². The average molecular weight is 297 g/mol. The molecule has 0 saturated carbocycles. The maximum atomic E-state index is 6.46. The van der Waals surface area contributed by atoms with Crippen LogP contribution in [0.3, 0.4) is 0 Å². The summed E-state index contributed by atoms with van der Waals surface area (Å²) in [5.74, 6) is 0. The maximum Gasteiger partial charge on any atom is 0.0726 e. The number of para-hydroxylation sites is 1. The quantitative estimate of drug-likeness (QED) is 0.921. The molecule has 2 rings (SSSR count). The fourth-order valence-electron chi connectivity index (χ4n) is 2.73. The van der Waals surface area contributed by atoms with Crippen LogP contribution in [0.2, 0.25) is 5.02 Å². The number of hydrogen-bond donors (Lipinski definition) is 1. The van der Waals surface area contributed by atoms with Gasteiger partial charge in [-0.2, -0.15) is 0 Å². The van der Waals surface area contributed by atoms with Gasteiger partial charge in [0.25, 0.3) is 0 Å². The predicted molar refractivity (Wildman–Crippen MR) is 85.6 cm³/mol. The molecule has 1 N–H and O–H groups in total. The predicted octanol–water partition coefficient (Wildman–Crippen LogP) is 3.45. The minimum absolute atomic E-state index is 0.237. The van der Waals surface area contributed by atoms with Crippen molar-refractivity contribution in [3.63, 3.8) is 0 Å². The van der Waals surface area contributed by atoms with Crippen LogP contribution in [0.15, 0.2) is 18.2 Å². The number of nitrogens with zero attached hydrogens (tertiary/aromatic N) is 1. The van der Waals surface area contributed by atoms with Gasteiger partial charge in [0, 0.05) is 25.7 Å². The zero-order chi connectivity index (χ0) is 14.7. The summed E-state index contributed by atoms with van der Waals surface area (Å²) in [6, 6.07) is 6.61. The van der Waals surface area contributed by atoms with E-state index in [0.29, 0.717) is 6.04 Å². The molecule has 0 amide bonds. The first-order chi connectivity index (χ1) is 9.47. The minimum atomic E-state index is 0.237. The Morgan fingerprint density at radius 2 is 1.95 bits per heavy atom. The van der Waals surface area contributed by atoms with Gasteiger partial charge in [-0.15, -0.1) is 0 Å². The van der Waals surface area contributed by atoms with Crippen molar-refractivity contribution >= 4 is 17.3 Å². The molecule has 1 heterocycles. The second-order valence-corrected chi connectivity index (χ2v) is 6.35. The normalized spacial score (nSPS) is 23.4. The number of halogens is 1. The molecule has 0 bridgehead atoms. The van der Waals surface area contributed by atoms with Crippen molar-refractivity contribution in [3.05, 3.63) is 28.8 Å². The zero-order valence-electron chi connectivity index (χ0n) is 12.8. The van der Waals surface area contributed by atoms with E-state index in [1.54, 1.807) is 0 Å². The van der Waals surface area contributed by atoms with Gasteiger partial charge in [0.1, 0.15) is 0 Å². The Bertz CT molecular complexity index is 440. The van der Waals surface area contributed by atoms with Crippen LogP contribution in [-0.4, -0.2) is 31.3 Å². The van der Waals surface area contributed by atoms with E-state index >= 15 is 0 Å². The first-order valence-corrected chi connectivity index (χ1v) is 7.76. The van der Waals surface area contributed by atoms with E-state index in [9.17, 15) is 0 Å². The van der Waals surface area contributed by atoms with E-state index < -0.39 is 0 Å². The third-order valence-electron chi connectivity index (χ3n) is 3.51. The molecular formula is C16H25ClN2O.